The number of aliphatic hydroxyl groups is 1. The van der Waals surface area contributed by atoms with Crippen molar-refractivity contribution in [2.45, 2.75) is 20.0 Å². The number of aryl methyl sites for hydroxylation is 1. The first-order chi connectivity index (χ1) is 8.56. The van der Waals surface area contributed by atoms with E-state index in [9.17, 15) is 4.79 Å². The fourth-order valence-corrected chi connectivity index (χ4v) is 1.40. The van der Waals surface area contributed by atoms with E-state index in [1.165, 1.54) is 6.92 Å². The average molecular weight is 247 g/mol. The lowest BCUT2D eigenvalue weighted by Crippen LogP contribution is -2.24. The number of carbonyl (C=O) groups excluding carboxylic acids is 1. The maximum atomic E-state index is 11.4. The van der Waals surface area contributed by atoms with Gasteiger partial charge in [0, 0.05) is 18.2 Å². The van der Waals surface area contributed by atoms with E-state index in [1.807, 2.05) is 6.07 Å². The molecule has 0 fully saturated rings. The molecule has 2 N–H and O–H groups in total. The zero-order valence-corrected chi connectivity index (χ0v) is 10.0. The van der Waals surface area contributed by atoms with Crippen molar-refractivity contribution >= 4 is 11.6 Å². The van der Waals surface area contributed by atoms with Crippen LogP contribution >= 0.6 is 0 Å². The molecule has 1 atom stereocenters. The quantitative estimate of drug-likeness (QED) is 0.855. The van der Waals surface area contributed by atoms with Crippen molar-refractivity contribution in [2.24, 2.45) is 0 Å². The molecule has 94 valence electrons. The molecule has 1 amide bonds. The van der Waals surface area contributed by atoms with E-state index in [2.05, 4.69) is 15.5 Å². The van der Waals surface area contributed by atoms with Gasteiger partial charge >= 0.3 is 0 Å². The Hall–Kier alpha value is -2.21. The third kappa shape index (κ3) is 2.72. The predicted molar refractivity (Wildman–Crippen MR) is 64.8 cm³/mol. The number of amides is 1. The van der Waals surface area contributed by atoms with E-state index in [1.54, 1.807) is 25.1 Å². The molecule has 0 saturated carbocycles. The molecule has 18 heavy (non-hydrogen) atoms. The van der Waals surface area contributed by atoms with Crippen molar-refractivity contribution in [3.05, 3.63) is 30.2 Å². The van der Waals surface area contributed by atoms with Crippen LogP contribution in [0.1, 0.15) is 12.8 Å². The normalized spacial score (nSPS) is 12.2. The summed E-state index contributed by atoms with van der Waals surface area (Å²) in [6.07, 6.45) is -1.05. The Morgan fingerprint density at radius 2 is 2.28 bits per heavy atom. The monoisotopic (exact) mass is 247 g/mol. The van der Waals surface area contributed by atoms with E-state index in [0.29, 0.717) is 17.4 Å². The van der Waals surface area contributed by atoms with Crippen molar-refractivity contribution in [1.29, 1.82) is 0 Å². The van der Waals surface area contributed by atoms with Crippen LogP contribution in [0.25, 0.3) is 11.4 Å². The summed E-state index contributed by atoms with van der Waals surface area (Å²) >= 11 is 0. The van der Waals surface area contributed by atoms with Crippen LogP contribution in [0.5, 0.6) is 0 Å². The van der Waals surface area contributed by atoms with Gasteiger partial charge < -0.3 is 14.9 Å². The van der Waals surface area contributed by atoms with E-state index in [4.69, 9.17) is 9.63 Å². The minimum Gasteiger partial charge on any atom is -0.384 e. The topological polar surface area (TPSA) is 88.2 Å². The van der Waals surface area contributed by atoms with Crippen LogP contribution in [-0.2, 0) is 4.79 Å². The highest BCUT2D eigenvalue weighted by Gasteiger charge is 2.10. The van der Waals surface area contributed by atoms with Crippen LogP contribution in [0.2, 0.25) is 0 Å². The molecule has 0 radical (unpaired) electrons. The molecule has 1 heterocycles. The Morgan fingerprint density at radius 1 is 1.50 bits per heavy atom. The lowest BCUT2D eigenvalue weighted by Gasteiger charge is -2.07. The first-order valence-corrected chi connectivity index (χ1v) is 5.46. The Bertz CT molecular complexity index is 563. The van der Waals surface area contributed by atoms with Gasteiger partial charge in [0.2, 0.25) is 11.7 Å². The van der Waals surface area contributed by atoms with Gasteiger partial charge in [0.25, 0.3) is 5.91 Å². The summed E-state index contributed by atoms with van der Waals surface area (Å²) in [5.41, 5.74) is 1.30. The number of nitrogens with zero attached hydrogens (tertiary/aromatic N) is 2. The molecule has 6 nitrogen and oxygen atoms in total. The Balaban J connectivity index is 2.23. The summed E-state index contributed by atoms with van der Waals surface area (Å²) in [6, 6.07) is 7.00. The summed E-state index contributed by atoms with van der Waals surface area (Å²) in [7, 11) is 0. The van der Waals surface area contributed by atoms with Gasteiger partial charge in [-0.3, -0.25) is 4.79 Å². The Kier molecular flexibility index (Phi) is 3.38. The van der Waals surface area contributed by atoms with Gasteiger partial charge in [-0.2, -0.15) is 4.98 Å². The zero-order chi connectivity index (χ0) is 13.1. The molecule has 2 rings (SSSR count). The van der Waals surface area contributed by atoms with Crippen molar-refractivity contribution in [3.63, 3.8) is 0 Å². The van der Waals surface area contributed by atoms with Crippen LogP contribution in [0.4, 0.5) is 5.69 Å². The van der Waals surface area contributed by atoms with E-state index in [-0.39, 0.29) is 0 Å². The molecular formula is C12H13N3O3. The average Bonchev–Trinajstić information content (AvgIpc) is 2.76. The third-order valence-corrected chi connectivity index (χ3v) is 2.30. The smallest absolute Gasteiger partial charge is 0.252 e. The second-order valence-corrected chi connectivity index (χ2v) is 3.88. The van der Waals surface area contributed by atoms with Gasteiger partial charge in [0.15, 0.2) is 0 Å². The van der Waals surface area contributed by atoms with Crippen molar-refractivity contribution in [3.8, 4) is 11.4 Å². The molecule has 0 bridgehead atoms. The maximum Gasteiger partial charge on any atom is 0.252 e. The number of hydrogen-bond acceptors (Lipinski definition) is 5. The van der Waals surface area contributed by atoms with Gasteiger partial charge in [-0.25, -0.2) is 0 Å². The molecule has 0 saturated heterocycles. The highest BCUT2D eigenvalue weighted by atomic mass is 16.5. The van der Waals surface area contributed by atoms with Crippen molar-refractivity contribution in [1.82, 2.24) is 10.1 Å². The standard InChI is InChI=1S/C12H13N3O3/c1-7(16)12(17)14-10-5-3-4-9(6-10)11-13-8(2)18-15-11/h3-7,16H,1-2H3,(H,14,17). The minimum absolute atomic E-state index is 0.459. The minimum atomic E-state index is -1.05. The van der Waals surface area contributed by atoms with Crippen molar-refractivity contribution in [2.75, 3.05) is 5.32 Å². The molecule has 0 aliphatic heterocycles. The molecule has 0 aliphatic carbocycles. The molecule has 1 aromatic carbocycles. The van der Waals surface area contributed by atoms with Gasteiger partial charge in [0.1, 0.15) is 6.10 Å². The number of rotatable bonds is 3. The number of carbonyl (C=O) groups is 1. The second kappa shape index (κ2) is 4.97. The van der Waals surface area contributed by atoms with Gasteiger partial charge in [-0.05, 0) is 19.1 Å². The molecule has 1 unspecified atom stereocenters. The number of nitrogens with one attached hydrogen (secondary N) is 1. The first kappa shape index (κ1) is 12.3. The summed E-state index contributed by atoms with van der Waals surface area (Å²) in [4.78, 5) is 15.4. The molecule has 6 heteroatoms. The Labute approximate surface area is 104 Å². The van der Waals surface area contributed by atoms with Gasteiger partial charge in [-0.1, -0.05) is 17.3 Å². The SMILES string of the molecule is Cc1nc(-c2cccc(NC(=O)C(C)O)c2)no1. The summed E-state index contributed by atoms with van der Waals surface area (Å²) < 4.78 is 4.89. The fraction of sp³-hybridized carbons (Fsp3) is 0.250. The number of benzene rings is 1. The maximum absolute atomic E-state index is 11.4. The van der Waals surface area contributed by atoms with Crippen LogP contribution in [0.15, 0.2) is 28.8 Å². The second-order valence-electron chi connectivity index (χ2n) is 3.88. The van der Waals surface area contributed by atoms with Crippen LogP contribution in [-0.4, -0.2) is 27.3 Å². The highest BCUT2D eigenvalue weighted by Crippen LogP contribution is 2.19. The molecular weight excluding hydrogens is 234 g/mol. The first-order valence-electron chi connectivity index (χ1n) is 5.46. The highest BCUT2D eigenvalue weighted by molar-refractivity contribution is 5.94. The van der Waals surface area contributed by atoms with Crippen molar-refractivity contribution < 1.29 is 14.4 Å². The number of aliphatic hydroxyl groups excluding tert-OH is 1. The lowest BCUT2D eigenvalue weighted by atomic mass is 10.2. The molecule has 1 aromatic heterocycles. The summed E-state index contributed by atoms with van der Waals surface area (Å²) in [5, 5.41) is 15.5. The summed E-state index contributed by atoms with van der Waals surface area (Å²) in [5.74, 6) is 0.473. The number of aromatic nitrogens is 2. The fourth-order valence-electron chi connectivity index (χ4n) is 1.40. The summed E-state index contributed by atoms with van der Waals surface area (Å²) in [6.45, 7) is 3.11. The lowest BCUT2D eigenvalue weighted by molar-refractivity contribution is -0.123. The molecule has 2 aromatic rings. The number of anilines is 1. The largest absolute Gasteiger partial charge is 0.384 e. The van der Waals surface area contributed by atoms with E-state index < -0.39 is 12.0 Å². The Morgan fingerprint density at radius 3 is 2.89 bits per heavy atom. The third-order valence-electron chi connectivity index (χ3n) is 2.30. The zero-order valence-electron chi connectivity index (χ0n) is 10.0. The van der Waals surface area contributed by atoms with E-state index >= 15 is 0 Å². The molecule has 0 aliphatic rings. The van der Waals surface area contributed by atoms with Crippen LogP contribution in [0.3, 0.4) is 0 Å². The number of hydrogen-bond donors (Lipinski definition) is 2. The van der Waals surface area contributed by atoms with Crippen LogP contribution in [0, 0.1) is 6.92 Å². The van der Waals surface area contributed by atoms with Gasteiger partial charge in [0.05, 0.1) is 0 Å². The predicted octanol–water partition coefficient (Wildman–Crippen LogP) is 1.36. The van der Waals surface area contributed by atoms with Gasteiger partial charge in [-0.15, -0.1) is 0 Å². The van der Waals surface area contributed by atoms with Crippen LogP contribution < -0.4 is 5.32 Å². The molecule has 0 spiro atoms. The van der Waals surface area contributed by atoms with E-state index in [0.717, 1.165) is 5.56 Å².